The van der Waals surface area contributed by atoms with Crippen LogP contribution >= 0.6 is 0 Å². The third-order valence-electron chi connectivity index (χ3n) is 5.41. The van der Waals surface area contributed by atoms with Gasteiger partial charge in [-0.25, -0.2) is 9.97 Å². The standard InChI is InChI=1S/C21H28N6O3/c1-25-20-18(11-24-25)21(23-15-22-20)27-9-7-26(8-10-27)12-17(28)14-30-13-16-5-3-4-6-19(16)29-2/h3-6,11,15,17,28H,7-10,12-14H2,1-2H3/t17-/m0/s1. The van der Waals surface area contributed by atoms with Crippen molar-refractivity contribution in [3.8, 4) is 5.75 Å². The van der Waals surface area contributed by atoms with Crippen LogP contribution in [0.25, 0.3) is 11.0 Å². The zero-order valence-electron chi connectivity index (χ0n) is 17.4. The van der Waals surface area contributed by atoms with Crippen LogP contribution in [-0.2, 0) is 18.4 Å². The molecule has 4 rings (SSSR count). The molecule has 9 heteroatoms. The lowest BCUT2D eigenvalue weighted by Gasteiger charge is -2.36. The summed E-state index contributed by atoms with van der Waals surface area (Å²) in [5.74, 6) is 1.73. The van der Waals surface area contributed by atoms with Crippen molar-refractivity contribution in [1.29, 1.82) is 0 Å². The van der Waals surface area contributed by atoms with E-state index in [1.54, 1.807) is 18.1 Å². The maximum atomic E-state index is 10.4. The van der Waals surface area contributed by atoms with Gasteiger partial charge in [0.25, 0.3) is 0 Å². The maximum absolute atomic E-state index is 10.4. The normalized spacial score (nSPS) is 16.2. The van der Waals surface area contributed by atoms with Crippen LogP contribution in [0, 0.1) is 0 Å². The first-order valence-electron chi connectivity index (χ1n) is 10.1. The summed E-state index contributed by atoms with van der Waals surface area (Å²) in [5.41, 5.74) is 1.82. The fourth-order valence-electron chi connectivity index (χ4n) is 3.82. The number of aliphatic hydroxyl groups excluding tert-OH is 1. The van der Waals surface area contributed by atoms with Crippen molar-refractivity contribution in [1.82, 2.24) is 24.6 Å². The van der Waals surface area contributed by atoms with Crippen LogP contribution < -0.4 is 9.64 Å². The number of benzene rings is 1. The molecule has 160 valence electrons. The number of piperazine rings is 1. The van der Waals surface area contributed by atoms with Gasteiger partial charge in [-0.05, 0) is 6.07 Å². The molecule has 1 aliphatic rings. The molecular formula is C21H28N6O3. The fourth-order valence-corrected chi connectivity index (χ4v) is 3.82. The van der Waals surface area contributed by atoms with Gasteiger partial charge in [0.1, 0.15) is 17.9 Å². The lowest BCUT2D eigenvalue weighted by molar-refractivity contribution is 0.00865. The van der Waals surface area contributed by atoms with Gasteiger partial charge >= 0.3 is 0 Å². The summed E-state index contributed by atoms with van der Waals surface area (Å²) in [5, 5.41) is 15.6. The minimum atomic E-state index is -0.532. The van der Waals surface area contributed by atoms with Crippen LogP contribution in [0.15, 0.2) is 36.8 Å². The van der Waals surface area contributed by atoms with Crippen molar-refractivity contribution < 1.29 is 14.6 Å². The highest BCUT2D eigenvalue weighted by molar-refractivity contribution is 5.86. The van der Waals surface area contributed by atoms with E-state index in [9.17, 15) is 5.11 Å². The summed E-state index contributed by atoms with van der Waals surface area (Å²) in [6, 6.07) is 7.76. The third kappa shape index (κ3) is 4.53. The highest BCUT2D eigenvalue weighted by atomic mass is 16.5. The zero-order chi connectivity index (χ0) is 20.9. The molecule has 3 heterocycles. The summed E-state index contributed by atoms with van der Waals surface area (Å²) < 4.78 is 12.8. The van der Waals surface area contributed by atoms with Gasteiger partial charge in [0, 0.05) is 45.3 Å². The van der Waals surface area contributed by atoms with Gasteiger partial charge in [0.15, 0.2) is 5.65 Å². The van der Waals surface area contributed by atoms with Gasteiger partial charge in [0.05, 0.1) is 38.0 Å². The first-order chi connectivity index (χ1) is 14.7. The Balaban J connectivity index is 1.24. The Labute approximate surface area is 175 Å². The van der Waals surface area contributed by atoms with Crippen LogP contribution in [0.1, 0.15) is 5.56 Å². The Kier molecular flexibility index (Phi) is 6.41. The van der Waals surface area contributed by atoms with E-state index in [-0.39, 0.29) is 0 Å². The van der Waals surface area contributed by atoms with Crippen LogP contribution in [0.2, 0.25) is 0 Å². The van der Waals surface area contributed by atoms with Crippen molar-refractivity contribution in [3.63, 3.8) is 0 Å². The number of para-hydroxylation sites is 1. The van der Waals surface area contributed by atoms with Crippen LogP contribution in [0.5, 0.6) is 5.75 Å². The topological polar surface area (TPSA) is 88.8 Å². The molecule has 3 aromatic rings. The first-order valence-corrected chi connectivity index (χ1v) is 10.1. The number of hydrogen-bond acceptors (Lipinski definition) is 8. The number of rotatable bonds is 8. The molecule has 1 fully saturated rings. The molecule has 2 aromatic heterocycles. The summed E-state index contributed by atoms with van der Waals surface area (Å²) in [7, 11) is 3.53. The SMILES string of the molecule is COc1ccccc1COC[C@@H](O)CN1CCN(c2ncnc3c2cnn3C)CC1. The third-order valence-corrected chi connectivity index (χ3v) is 5.41. The molecule has 0 radical (unpaired) electrons. The van der Waals surface area contributed by atoms with Crippen molar-refractivity contribution in [3.05, 3.63) is 42.4 Å². The molecular weight excluding hydrogens is 384 g/mol. The Morgan fingerprint density at radius 1 is 1.13 bits per heavy atom. The maximum Gasteiger partial charge on any atom is 0.163 e. The lowest BCUT2D eigenvalue weighted by atomic mass is 10.2. The highest BCUT2D eigenvalue weighted by Crippen LogP contribution is 2.23. The average Bonchev–Trinajstić information content (AvgIpc) is 3.16. The van der Waals surface area contributed by atoms with E-state index in [0.29, 0.717) is 19.8 Å². The van der Waals surface area contributed by atoms with Crippen molar-refractivity contribution in [2.45, 2.75) is 12.7 Å². The number of anilines is 1. The van der Waals surface area contributed by atoms with E-state index in [1.165, 1.54) is 0 Å². The molecule has 1 saturated heterocycles. The van der Waals surface area contributed by atoms with Crippen molar-refractivity contribution >= 4 is 16.9 Å². The smallest absolute Gasteiger partial charge is 0.163 e. The van der Waals surface area contributed by atoms with Gasteiger partial charge in [0.2, 0.25) is 0 Å². The number of aromatic nitrogens is 4. The molecule has 30 heavy (non-hydrogen) atoms. The molecule has 0 saturated carbocycles. The minimum absolute atomic E-state index is 0.292. The Bertz CT molecular complexity index is 970. The van der Waals surface area contributed by atoms with Gasteiger partial charge in [-0.3, -0.25) is 9.58 Å². The Morgan fingerprint density at radius 3 is 2.73 bits per heavy atom. The van der Waals surface area contributed by atoms with Crippen molar-refractivity contribution in [2.24, 2.45) is 7.05 Å². The zero-order valence-corrected chi connectivity index (χ0v) is 17.4. The van der Waals surface area contributed by atoms with E-state index < -0.39 is 6.10 Å². The summed E-state index contributed by atoms with van der Waals surface area (Å²) >= 11 is 0. The number of methoxy groups -OCH3 is 1. The number of ether oxygens (including phenoxy) is 2. The van der Waals surface area contributed by atoms with Crippen molar-refractivity contribution in [2.75, 3.05) is 51.3 Å². The Morgan fingerprint density at radius 2 is 1.93 bits per heavy atom. The molecule has 9 nitrogen and oxygen atoms in total. The predicted molar refractivity (Wildman–Crippen MR) is 114 cm³/mol. The van der Waals surface area contributed by atoms with E-state index in [2.05, 4.69) is 24.9 Å². The van der Waals surface area contributed by atoms with E-state index in [1.807, 2.05) is 37.5 Å². The van der Waals surface area contributed by atoms with E-state index in [4.69, 9.17) is 9.47 Å². The number of nitrogens with zero attached hydrogens (tertiary/aromatic N) is 6. The highest BCUT2D eigenvalue weighted by Gasteiger charge is 2.22. The number of hydrogen-bond donors (Lipinski definition) is 1. The van der Waals surface area contributed by atoms with E-state index in [0.717, 1.165) is 54.3 Å². The van der Waals surface area contributed by atoms with Crippen LogP contribution in [-0.4, -0.2) is 82.3 Å². The second-order valence-corrected chi connectivity index (χ2v) is 7.47. The summed E-state index contributed by atoms with van der Waals surface area (Å²) in [6.07, 6.45) is 2.88. The number of β-amino-alcohol motifs (C(OH)–C–C–N with tert-alkyl or cyclic N) is 1. The van der Waals surface area contributed by atoms with Gasteiger partial charge in [-0.15, -0.1) is 0 Å². The summed E-state index contributed by atoms with van der Waals surface area (Å²) in [4.78, 5) is 13.3. The predicted octanol–water partition coefficient (Wildman–Crippen LogP) is 1.07. The molecule has 1 aromatic carbocycles. The molecule has 0 unspecified atom stereocenters. The lowest BCUT2D eigenvalue weighted by Crippen LogP contribution is -2.49. The molecule has 0 amide bonds. The minimum Gasteiger partial charge on any atom is -0.496 e. The van der Waals surface area contributed by atoms with Crippen LogP contribution in [0.4, 0.5) is 5.82 Å². The summed E-state index contributed by atoms with van der Waals surface area (Å²) in [6.45, 7) is 4.70. The first kappa shape index (κ1) is 20.5. The molecule has 0 bridgehead atoms. The van der Waals surface area contributed by atoms with E-state index >= 15 is 0 Å². The second kappa shape index (κ2) is 9.38. The average molecular weight is 412 g/mol. The number of aliphatic hydroxyl groups is 1. The molecule has 1 aliphatic heterocycles. The fraction of sp³-hybridized carbons (Fsp3) is 0.476. The second-order valence-electron chi connectivity index (χ2n) is 7.47. The quantitative estimate of drug-likeness (QED) is 0.588. The monoisotopic (exact) mass is 412 g/mol. The molecule has 0 aliphatic carbocycles. The van der Waals surface area contributed by atoms with Gasteiger partial charge in [-0.1, -0.05) is 18.2 Å². The van der Waals surface area contributed by atoms with Gasteiger partial charge < -0.3 is 19.5 Å². The molecule has 1 N–H and O–H groups in total. The molecule has 1 atom stereocenters. The number of fused-ring (bicyclic) bond motifs is 1. The number of aryl methyl sites for hydroxylation is 1. The largest absolute Gasteiger partial charge is 0.496 e. The molecule has 0 spiro atoms. The Hall–Kier alpha value is -2.75. The van der Waals surface area contributed by atoms with Crippen LogP contribution in [0.3, 0.4) is 0 Å². The van der Waals surface area contributed by atoms with Gasteiger partial charge in [-0.2, -0.15) is 5.10 Å².